The summed E-state index contributed by atoms with van der Waals surface area (Å²) in [7, 11) is 0. The zero-order valence-electron chi connectivity index (χ0n) is 11.5. The minimum atomic E-state index is -4.05. The Morgan fingerprint density at radius 2 is 1.79 bits per heavy atom. The first-order valence-corrected chi connectivity index (χ1v) is 6.79. The standard InChI is InChI=1S/C15H22F3N/c1-3-19-14(10-7-11-15(16,17)18)12(2)13-8-5-4-6-9-13/h4-6,8-9,12,14,19H,3,7,10-11H2,1-2H3. The molecule has 0 amide bonds. The van der Waals surface area contributed by atoms with E-state index in [9.17, 15) is 13.2 Å². The molecule has 19 heavy (non-hydrogen) atoms. The molecule has 0 aliphatic heterocycles. The van der Waals surface area contributed by atoms with Crippen LogP contribution in [0.1, 0.15) is 44.6 Å². The summed E-state index contributed by atoms with van der Waals surface area (Å²) in [6.07, 6.45) is -4.02. The molecule has 1 N–H and O–H groups in total. The molecular formula is C15H22F3N. The third-order valence-corrected chi connectivity index (χ3v) is 3.37. The average Bonchev–Trinajstić information content (AvgIpc) is 2.36. The lowest BCUT2D eigenvalue weighted by Gasteiger charge is -2.25. The molecule has 0 radical (unpaired) electrons. The maximum Gasteiger partial charge on any atom is 0.389 e. The summed E-state index contributed by atoms with van der Waals surface area (Å²) in [6, 6.07) is 10.0. The van der Waals surface area contributed by atoms with Gasteiger partial charge in [-0.3, -0.25) is 0 Å². The molecule has 0 aliphatic rings. The maximum absolute atomic E-state index is 12.2. The van der Waals surface area contributed by atoms with E-state index < -0.39 is 12.6 Å². The predicted molar refractivity (Wildman–Crippen MR) is 72.2 cm³/mol. The van der Waals surface area contributed by atoms with Gasteiger partial charge in [0.2, 0.25) is 0 Å². The summed E-state index contributed by atoms with van der Waals surface area (Å²) < 4.78 is 36.6. The summed E-state index contributed by atoms with van der Waals surface area (Å²) in [5, 5.41) is 3.30. The van der Waals surface area contributed by atoms with Crippen molar-refractivity contribution in [1.82, 2.24) is 5.32 Å². The maximum atomic E-state index is 12.2. The molecule has 2 atom stereocenters. The third-order valence-electron chi connectivity index (χ3n) is 3.37. The van der Waals surface area contributed by atoms with E-state index in [0.717, 1.165) is 6.54 Å². The number of hydrogen-bond acceptors (Lipinski definition) is 1. The molecule has 2 unspecified atom stereocenters. The van der Waals surface area contributed by atoms with Gasteiger partial charge in [-0.15, -0.1) is 0 Å². The normalized spacial score (nSPS) is 15.2. The van der Waals surface area contributed by atoms with Crippen LogP contribution in [-0.4, -0.2) is 18.8 Å². The zero-order chi connectivity index (χ0) is 14.3. The summed E-state index contributed by atoms with van der Waals surface area (Å²) >= 11 is 0. The summed E-state index contributed by atoms with van der Waals surface area (Å²) in [4.78, 5) is 0. The number of rotatable bonds is 7. The highest BCUT2D eigenvalue weighted by Gasteiger charge is 2.27. The van der Waals surface area contributed by atoms with Gasteiger partial charge < -0.3 is 5.32 Å². The van der Waals surface area contributed by atoms with Crippen molar-refractivity contribution in [2.45, 2.75) is 51.2 Å². The number of nitrogens with one attached hydrogen (secondary N) is 1. The molecule has 1 nitrogen and oxygen atoms in total. The Morgan fingerprint density at radius 1 is 1.16 bits per heavy atom. The smallest absolute Gasteiger partial charge is 0.314 e. The van der Waals surface area contributed by atoms with E-state index >= 15 is 0 Å². The highest BCUT2D eigenvalue weighted by atomic mass is 19.4. The van der Waals surface area contributed by atoms with Gasteiger partial charge in [0, 0.05) is 12.5 Å². The van der Waals surface area contributed by atoms with Crippen LogP contribution < -0.4 is 5.32 Å². The molecule has 0 bridgehead atoms. The van der Waals surface area contributed by atoms with Gasteiger partial charge in [-0.2, -0.15) is 13.2 Å². The van der Waals surface area contributed by atoms with Crippen LogP contribution in [0, 0.1) is 0 Å². The second-order valence-corrected chi connectivity index (χ2v) is 4.87. The van der Waals surface area contributed by atoms with Gasteiger partial charge in [0.1, 0.15) is 0 Å². The molecule has 1 aromatic carbocycles. The topological polar surface area (TPSA) is 12.0 Å². The zero-order valence-corrected chi connectivity index (χ0v) is 11.5. The second-order valence-electron chi connectivity index (χ2n) is 4.87. The first kappa shape index (κ1) is 16.0. The fraction of sp³-hybridized carbons (Fsp3) is 0.600. The first-order chi connectivity index (χ1) is 8.94. The fourth-order valence-electron chi connectivity index (χ4n) is 2.30. The first-order valence-electron chi connectivity index (χ1n) is 6.79. The lowest BCUT2D eigenvalue weighted by Crippen LogP contribution is -2.34. The highest BCUT2D eigenvalue weighted by Crippen LogP contribution is 2.26. The van der Waals surface area contributed by atoms with Crippen LogP contribution >= 0.6 is 0 Å². The largest absolute Gasteiger partial charge is 0.389 e. The van der Waals surface area contributed by atoms with Crippen molar-refractivity contribution in [3.05, 3.63) is 35.9 Å². The van der Waals surface area contributed by atoms with Gasteiger partial charge in [0.05, 0.1) is 0 Å². The Morgan fingerprint density at radius 3 is 2.32 bits per heavy atom. The minimum absolute atomic E-state index is 0.0924. The second kappa shape index (κ2) is 7.53. The monoisotopic (exact) mass is 273 g/mol. The fourth-order valence-corrected chi connectivity index (χ4v) is 2.30. The molecule has 1 aromatic rings. The van der Waals surface area contributed by atoms with Crippen molar-refractivity contribution in [1.29, 1.82) is 0 Å². The van der Waals surface area contributed by atoms with Gasteiger partial charge in [0.15, 0.2) is 0 Å². The van der Waals surface area contributed by atoms with Gasteiger partial charge in [-0.05, 0) is 30.9 Å². The SMILES string of the molecule is CCNC(CCCC(F)(F)F)C(C)c1ccccc1. The summed E-state index contributed by atoms with van der Waals surface area (Å²) in [6.45, 7) is 4.82. The lowest BCUT2D eigenvalue weighted by molar-refractivity contribution is -0.135. The van der Waals surface area contributed by atoms with E-state index in [-0.39, 0.29) is 18.4 Å². The third kappa shape index (κ3) is 6.10. The summed E-state index contributed by atoms with van der Waals surface area (Å²) in [5.41, 5.74) is 1.17. The summed E-state index contributed by atoms with van der Waals surface area (Å²) in [5.74, 6) is 0.217. The van der Waals surface area contributed by atoms with Gasteiger partial charge in [0.25, 0.3) is 0 Å². The van der Waals surface area contributed by atoms with Crippen LogP contribution in [0.5, 0.6) is 0 Å². The molecular weight excluding hydrogens is 251 g/mol. The van der Waals surface area contributed by atoms with Gasteiger partial charge in [-0.25, -0.2) is 0 Å². The molecule has 108 valence electrons. The molecule has 4 heteroatoms. The molecule has 0 spiro atoms. The van der Waals surface area contributed by atoms with E-state index in [2.05, 4.69) is 12.2 Å². The molecule has 0 heterocycles. The molecule has 0 saturated carbocycles. The Labute approximate surface area is 113 Å². The number of hydrogen-bond donors (Lipinski definition) is 1. The molecule has 0 aromatic heterocycles. The lowest BCUT2D eigenvalue weighted by atomic mass is 9.90. The molecule has 0 aliphatic carbocycles. The molecule has 0 fully saturated rings. The van der Waals surface area contributed by atoms with Gasteiger partial charge in [-0.1, -0.05) is 44.2 Å². The Hall–Kier alpha value is -1.03. The number of halogens is 3. The predicted octanol–water partition coefficient (Wildman–Crippen LogP) is 4.50. The molecule has 1 rings (SSSR count). The minimum Gasteiger partial charge on any atom is -0.314 e. The van der Waals surface area contributed by atoms with E-state index in [1.807, 2.05) is 37.3 Å². The van der Waals surface area contributed by atoms with Crippen LogP contribution in [0.4, 0.5) is 13.2 Å². The van der Waals surface area contributed by atoms with Crippen molar-refractivity contribution in [2.24, 2.45) is 0 Å². The van der Waals surface area contributed by atoms with Crippen LogP contribution in [-0.2, 0) is 0 Å². The van der Waals surface area contributed by atoms with E-state index in [0.29, 0.717) is 6.42 Å². The van der Waals surface area contributed by atoms with Crippen LogP contribution in [0.3, 0.4) is 0 Å². The highest BCUT2D eigenvalue weighted by molar-refractivity contribution is 5.20. The van der Waals surface area contributed by atoms with Crippen LogP contribution in [0.25, 0.3) is 0 Å². The van der Waals surface area contributed by atoms with Crippen molar-refractivity contribution in [3.8, 4) is 0 Å². The average molecular weight is 273 g/mol. The van der Waals surface area contributed by atoms with E-state index in [1.54, 1.807) is 0 Å². The quantitative estimate of drug-likeness (QED) is 0.771. The Balaban J connectivity index is 2.56. The van der Waals surface area contributed by atoms with Crippen molar-refractivity contribution < 1.29 is 13.2 Å². The Kier molecular flexibility index (Phi) is 6.35. The van der Waals surface area contributed by atoms with Crippen molar-refractivity contribution in [3.63, 3.8) is 0 Å². The number of likely N-dealkylation sites (N-methyl/N-ethyl adjacent to an activating group) is 1. The van der Waals surface area contributed by atoms with E-state index in [4.69, 9.17) is 0 Å². The van der Waals surface area contributed by atoms with E-state index in [1.165, 1.54) is 5.56 Å². The van der Waals surface area contributed by atoms with Crippen molar-refractivity contribution in [2.75, 3.05) is 6.54 Å². The Bertz CT molecular complexity index is 348. The number of benzene rings is 1. The van der Waals surface area contributed by atoms with Crippen LogP contribution in [0.2, 0.25) is 0 Å². The molecule has 0 saturated heterocycles. The van der Waals surface area contributed by atoms with Crippen molar-refractivity contribution >= 4 is 0 Å². The number of alkyl halides is 3. The van der Waals surface area contributed by atoms with Gasteiger partial charge >= 0.3 is 6.18 Å². The van der Waals surface area contributed by atoms with Crippen LogP contribution in [0.15, 0.2) is 30.3 Å².